The molecule has 1 atom stereocenters. The minimum atomic E-state index is -0.225. The zero-order valence-corrected chi connectivity index (χ0v) is 18.0. The van der Waals surface area contributed by atoms with Crippen LogP contribution in [0.3, 0.4) is 0 Å². The van der Waals surface area contributed by atoms with Crippen molar-refractivity contribution in [2.75, 3.05) is 24.7 Å². The Bertz CT molecular complexity index is 1040. The summed E-state index contributed by atoms with van der Waals surface area (Å²) in [5.74, 6) is 0.607. The largest absolute Gasteiger partial charge is 0.473 e. The highest BCUT2D eigenvalue weighted by molar-refractivity contribution is 7.22. The third-order valence-electron chi connectivity index (χ3n) is 5.70. The quantitative estimate of drug-likeness (QED) is 0.632. The van der Waals surface area contributed by atoms with Gasteiger partial charge in [-0.25, -0.2) is 9.97 Å². The number of benzene rings is 1. The number of ether oxygens (including phenoxy) is 2. The standard InChI is InChI=1S/C22H25N5O3S/c28-20(23-13-15-5-2-1-3-6-15)17-7-4-10-27(17)22-26-19-18(31-22)21(25-14-24-19)30-16-8-11-29-12-9-16/h1-3,5-6,14,16-17H,4,7-13H2,(H,23,28)/t17-/m1/s1. The van der Waals surface area contributed by atoms with Gasteiger partial charge in [-0.1, -0.05) is 41.7 Å². The Labute approximate surface area is 184 Å². The predicted molar refractivity (Wildman–Crippen MR) is 118 cm³/mol. The molecule has 31 heavy (non-hydrogen) atoms. The number of hydrogen-bond donors (Lipinski definition) is 1. The molecule has 8 nitrogen and oxygen atoms in total. The van der Waals surface area contributed by atoms with E-state index in [1.54, 1.807) is 0 Å². The first-order valence-corrected chi connectivity index (χ1v) is 11.5. The second kappa shape index (κ2) is 9.15. The van der Waals surface area contributed by atoms with Crippen LogP contribution in [0.4, 0.5) is 5.13 Å². The molecule has 5 rings (SSSR count). The van der Waals surface area contributed by atoms with Crippen molar-refractivity contribution >= 4 is 32.7 Å². The molecule has 3 aromatic rings. The summed E-state index contributed by atoms with van der Waals surface area (Å²) in [5, 5.41) is 3.87. The zero-order valence-electron chi connectivity index (χ0n) is 17.2. The van der Waals surface area contributed by atoms with Crippen LogP contribution in [-0.4, -0.2) is 52.8 Å². The number of nitrogens with zero attached hydrogens (tertiary/aromatic N) is 4. The van der Waals surface area contributed by atoms with E-state index in [2.05, 4.69) is 20.2 Å². The van der Waals surface area contributed by atoms with E-state index >= 15 is 0 Å². The van der Waals surface area contributed by atoms with E-state index in [4.69, 9.17) is 14.5 Å². The Morgan fingerprint density at radius 1 is 1.19 bits per heavy atom. The van der Waals surface area contributed by atoms with Crippen molar-refractivity contribution < 1.29 is 14.3 Å². The molecule has 4 heterocycles. The lowest BCUT2D eigenvalue weighted by atomic mass is 10.2. The van der Waals surface area contributed by atoms with Gasteiger partial charge < -0.3 is 19.7 Å². The van der Waals surface area contributed by atoms with Gasteiger partial charge in [0.05, 0.1) is 13.2 Å². The molecule has 0 bridgehead atoms. The zero-order chi connectivity index (χ0) is 21.0. The van der Waals surface area contributed by atoms with E-state index < -0.39 is 0 Å². The van der Waals surface area contributed by atoms with E-state index in [0.717, 1.165) is 47.6 Å². The Hall–Kier alpha value is -2.78. The van der Waals surface area contributed by atoms with Crippen LogP contribution >= 0.6 is 11.3 Å². The molecule has 2 saturated heterocycles. The maximum atomic E-state index is 12.9. The average molecular weight is 440 g/mol. The molecule has 2 aliphatic rings. The van der Waals surface area contributed by atoms with Gasteiger partial charge in [-0.2, -0.15) is 4.98 Å². The fourth-order valence-electron chi connectivity index (χ4n) is 4.05. The lowest BCUT2D eigenvalue weighted by Gasteiger charge is -2.23. The molecule has 162 valence electrons. The summed E-state index contributed by atoms with van der Waals surface area (Å²) >= 11 is 1.50. The Morgan fingerprint density at radius 2 is 2.03 bits per heavy atom. The second-order valence-electron chi connectivity index (χ2n) is 7.81. The third-order valence-corrected chi connectivity index (χ3v) is 6.77. The molecular weight excluding hydrogens is 414 g/mol. The number of carbonyl (C=O) groups excluding carboxylic acids is 1. The van der Waals surface area contributed by atoms with Crippen LogP contribution in [-0.2, 0) is 16.1 Å². The van der Waals surface area contributed by atoms with Crippen LogP contribution in [0.5, 0.6) is 5.88 Å². The van der Waals surface area contributed by atoms with Crippen LogP contribution in [0.15, 0.2) is 36.7 Å². The minimum Gasteiger partial charge on any atom is -0.473 e. The lowest BCUT2D eigenvalue weighted by Crippen LogP contribution is -2.43. The summed E-state index contributed by atoms with van der Waals surface area (Å²) in [5.41, 5.74) is 1.71. The summed E-state index contributed by atoms with van der Waals surface area (Å²) in [6.07, 6.45) is 5.07. The number of thiazole rings is 1. The van der Waals surface area contributed by atoms with Crippen molar-refractivity contribution in [2.24, 2.45) is 0 Å². The molecule has 0 aliphatic carbocycles. The molecular formula is C22H25N5O3S. The summed E-state index contributed by atoms with van der Waals surface area (Å²) in [7, 11) is 0. The van der Waals surface area contributed by atoms with Gasteiger partial charge in [0.25, 0.3) is 0 Å². The number of anilines is 1. The van der Waals surface area contributed by atoms with Crippen molar-refractivity contribution in [3.05, 3.63) is 42.2 Å². The predicted octanol–water partition coefficient (Wildman–Crippen LogP) is 2.93. The maximum absolute atomic E-state index is 12.9. The number of rotatable bonds is 6. The molecule has 9 heteroatoms. The maximum Gasteiger partial charge on any atom is 0.243 e. The Kier molecular flexibility index (Phi) is 5.95. The molecule has 0 saturated carbocycles. The summed E-state index contributed by atoms with van der Waals surface area (Å²) in [6, 6.07) is 9.73. The van der Waals surface area contributed by atoms with Gasteiger partial charge in [0.15, 0.2) is 10.8 Å². The number of aromatic nitrogens is 3. The van der Waals surface area contributed by atoms with Gasteiger partial charge in [-0.15, -0.1) is 0 Å². The Balaban J connectivity index is 1.32. The van der Waals surface area contributed by atoms with Crippen LogP contribution in [0.2, 0.25) is 0 Å². The van der Waals surface area contributed by atoms with Crippen LogP contribution in [0.25, 0.3) is 10.3 Å². The molecule has 1 N–H and O–H groups in total. The monoisotopic (exact) mass is 439 g/mol. The van der Waals surface area contributed by atoms with Crippen LogP contribution in [0, 0.1) is 0 Å². The normalized spacial score (nSPS) is 19.6. The molecule has 1 aromatic carbocycles. The smallest absolute Gasteiger partial charge is 0.243 e. The molecule has 0 radical (unpaired) electrons. The number of nitrogens with one attached hydrogen (secondary N) is 1. The third kappa shape index (κ3) is 4.47. The Morgan fingerprint density at radius 3 is 2.87 bits per heavy atom. The second-order valence-corrected chi connectivity index (χ2v) is 8.79. The fourth-order valence-corrected chi connectivity index (χ4v) is 5.08. The topological polar surface area (TPSA) is 89.5 Å². The van der Waals surface area contributed by atoms with Gasteiger partial charge in [0.2, 0.25) is 11.8 Å². The fraction of sp³-hybridized carbons (Fsp3) is 0.455. The van der Waals surface area contributed by atoms with Gasteiger partial charge in [-0.3, -0.25) is 4.79 Å². The lowest BCUT2D eigenvalue weighted by molar-refractivity contribution is -0.122. The summed E-state index contributed by atoms with van der Waals surface area (Å²) in [6.45, 7) is 2.74. The number of amides is 1. The number of fused-ring (bicyclic) bond motifs is 1. The first-order chi connectivity index (χ1) is 15.3. The minimum absolute atomic E-state index is 0.0328. The highest BCUT2D eigenvalue weighted by Crippen LogP contribution is 2.36. The van der Waals surface area contributed by atoms with Crippen molar-refractivity contribution in [1.29, 1.82) is 0 Å². The molecule has 1 amide bonds. The molecule has 2 aromatic heterocycles. The van der Waals surface area contributed by atoms with E-state index in [-0.39, 0.29) is 18.1 Å². The van der Waals surface area contributed by atoms with Gasteiger partial charge >= 0.3 is 0 Å². The summed E-state index contributed by atoms with van der Waals surface area (Å²) < 4.78 is 12.4. The first kappa shape index (κ1) is 20.1. The summed E-state index contributed by atoms with van der Waals surface area (Å²) in [4.78, 5) is 28.4. The van der Waals surface area contributed by atoms with E-state index in [1.165, 1.54) is 17.7 Å². The van der Waals surface area contributed by atoms with Crippen molar-refractivity contribution in [2.45, 2.75) is 44.4 Å². The van der Waals surface area contributed by atoms with Crippen molar-refractivity contribution in [1.82, 2.24) is 20.3 Å². The molecule has 0 spiro atoms. The molecule has 2 fully saturated rings. The highest BCUT2D eigenvalue weighted by atomic mass is 32.1. The van der Waals surface area contributed by atoms with Gasteiger partial charge in [0, 0.05) is 25.9 Å². The number of carbonyl (C=O) groups is 1. The molecule has 0 unspecified atom stereocenters. The van der Waals surface area contributed by atoms with Crippen LogP contribution in [0.1, 0.15) is 31.2 Å². The first-order valence-electron chi connectivity index (χ1n) is 10.7. The van der Waals surface area contributed by atoms with E-state index in [1.807, 2.05) is 30.3 Å². The average Bonchev–Trinajstić information content (AvgIpc) is 3.46. The van der Waals surface area contributed by atoms with E-state index in [0.29, 0.717) is 31.3 Å². The SMILES string of the molecule is O=C(NCc1ccccc1)[C@H]1CCCN1c1nc2ncnc(OC3CCOCC3)c2s1. The van der Waals surface area contributed by atoms with Crippen molar-refractivity contribution in [3.63, 3.8) is 0 Å². The van der Waals surface area contributed by atoms with Gasteiger partial charge in [0.1, 0.15) is 23.2 Å². The number of hydrogen-bond acceptors (Lipinski definition) is 8. The highest BCUT2D eigenvalue weighted by Gasteiger charge is 2.33. The van der Waals surface area contributed by atoms with Gasteiger partial charge in [-0.05, 0) is 18.4 Å². The van der Waals surface area contributed by atoms with Crippen LogP contribution < -0.4 is 15.0 Å². The van der Waals surface area contributed by atoms with Crippen molar-refractivity contribution in [3.8, 4) is 5.88 Å². The molecule has 2 aliphatic heterocycles. The van der Waals surface area contributed by atoms with E-state index in [9.17, 15) is 4.79 Å².